The maximum absolute atomic E-state index is 15.1. The fourth-order valence-corrected chi connectivity index (χ4v) is 6.58. The summed E-state index contributed by atoms with van der Waals surface area (Å²) in [5.41, 5.74) is 0.193. The molecule has 0 bridgehead atoms. The molecule has 2 amide bonds. The molecule has 0 radical (unpaired) electrons. The molecule has 5 nitrogen and oxygen atoms in total. The standard InChI is InChI=1S/C34H39FN2O3/c1-36(24-27-13-4-2-5-14-27)31(38)23-33(26-40-28-15-6-3-7-16-28)19-12-22-37(25-33)32(39)34(20-10-11-21-34)29-17-8-9-18-30(29)35/h2-9,13-18H,10-12,19-26H2,1H3/t33-/m1/s1. The van der Waals surface area contributed by atoms with E-state index >= 15 is 4.39 Å². The Kier molecular flexibility index (Phi) is 8.53. The third-order valence-corrected chi connectivity index (χ3v) is 8.71. The Hall–Kier alpha value is -3.67. The molecule has 5 rings (SSSR count). The first-order valence-corrected chi connectivity index (χ1v) is 14.4. The largest absolute Gasteiger partial charge is 0.493 e. The Morgan fingerprint density at radius 1 is 0.875 bits per heavy atom. The van der Waals surface area contributed by atoms with Crippen molar-refractivity contribution in [2.75, 3.05) is 26.7 Å². The third kappa shape index (κ3) is 6.06. The van der Waals surface area contributed by atoms with E-state index in [1.807, 2.05) is 78.7 Å². The molecule has 3 aromatic carbocycles. The number of likely N-dealkylation sites (tertiary alicyclic amines) is 1. The molecule has 40 heavy (non-hydrogen) atoms. The Morgan fingerprint density at radius 2 is 1.52 bits per heavy atom. The van der Waals surface area contributed by atoms with Crippen molar-refractivity contribution in [1.82, 2.24) is 9.80 Å². The van der Waals surface area contributed by atoms with Gasteiger partial charge in [-0.15, -0.1) is 0 Å². The fraction of sp³-hybridized carbons (Fsp3) is 0.412. The number of hydrogen-bond acceptors (Lipinski definition) is 3. The van der Waals surface area contributed by atoms with Gasteiger partial charge in [0.05, 0.1) is 12.0 Å². The van der Waals surface area contributed by atoms with Crippen molar-refractivity contribution in [3.63, 3.8) is 0 Å². The summed E-state index contributed by atoms with van der Waals surface area (Å²) in [6.07, 6.45) is 4.93. The molecule has 0 aromatic heterocycles. The van der Waals surface area contributed by atoms with E-state index in [9.17, 15) is 9.59 Å². The van der Waals surface area contributed by atoms with Gasteiger partial charge in [-0.3, -0.25) is 9.59 Å². The molecule has 1 heterocycles. The second kappa shape index (κ2) is 12.2. The Labute approximate surface area is 236 Å². The van der Waals surface area contributed by atoms with Crippen LogP contribution < -0.4 is 4.74 Å². The zero-order valence-corrected chi connectivity index (χ0v) is 23.4. The zero-order chi connectivity index (χ0) is 28.0. The van der Waals surface area contributed by atoms with Gasteiger partial charge in [-0.2, -0.15) is 0 Å². The Balaban J connectivity index is 1.39. The van der Waals surface area contributed by atoms with Crippen molar-refractivity contribution >= 4 is 11.8 Å². The highest BCUT2D eigenvalue weighted by atomic mass is 19.1. The minimum Gasteiger partial charge on any atom is -0.493 e. The van der Waals surface area contributed by atoms with Gasteiger partial charge in [0, 0.05) is 44.1 Å². The van der Waals surface area contributed by atoms with E-state index in [2.05, 4.69) is 0 Å². The third-order valence-electron chi connectivity index (χ3n) is 8.71. The molecule has 1 aliphatic heterocycles. The van der Waals surface area contributed by atoms with E-state index in [0.29, 0.717) is 44.6 Å². The van der Waals surface area contributed by atoms with Crippen molar-refractivity contribution in [3.8, 4) is 5.75 Å². The monoisotopic (exact) mass is 542 g/mol. The summed E-state index contributed by atoms with van der Waals surface area (Å²) in [6, 6.07) is 26.3. The SMILES string of the molecule is CN(Cc1ccccc1)C(=O)C[C@]1(COc2ccccc2)CCCN(C(=O)C2(c3ccccc3F)CCCC2)C1. The fourth-order valence-electron chi connectivity index (χ4n) is 6.58. The van der Waals surface area contributed by atoms with E-state index in [0.717, 1.165) is 37.0 Å². The molecule has 6 heteroatoms. The number of carbonyl (C=O) groups excluding carboxylic acids is 2. The lowest BCUT2D eigenvalue weighted by atomic mass is 9.73. The van der Waals surface area contributed by atoms with Gasteiger partial charge in [-0.05, 0) is 49.4 Å². The average molecular weight is 543 g/mol. The van der Waals surface area contributed by atoms with Gasteiger partial charge in [0.15, 0.2) is 0 Å². The van der Waals surface area contributed by atoms with Crippen molar-refractivity contribution in [2.24, 2.45) is 5.41 Å². The molecule has 0 unspecified atom stereocenters. The Morgan fingerprint density at radius 3 is 2.23 bits per heavy atom. The average Bonchev–Trinajstić information content (AvgIpc) is 3.48. The van der Waals surface area contributed by atoms with Crippen molar-refractivity contribution in [1.29, 1.82) is 0 Å². The first-order valence-electron chi connectivity index (χ1n) is 14.4. The predicted molar refractivity (Wildman–Crippen MR) is 154 cm³/mol. The number of piperidine rings is 1. The highest BCUT2D eigenvalue weighted by Gasteiger charge is 2.49. The van der Waals surface area contributed by atoms with E-state index in [1.165, 1.54) is 6.07 Å². The molecule has 1 aliphatic carbocycles. The van der Waals surface area contributed by atoms with E-state index in [4.69, 9.17) is 4.74 Å². The van der Waals surface area contributed by atoms with Crippen LogP contribution in [0.5, 0.6) is 5.75 Å². The van der Waals surface area contributed by atoms with Crippen LogP contribution in [0.15, 0.2) is 84.9 Å². The van der Waals surface area contributed by atoms with Gasteiger partial charge < -0.3 is 14.5 Å². The van der Waals surface area contributed by atoms with Crippen LogP contribution in [0, 0.1) is 11.2 Å². The van der Waals surface area contributed by atoms with Gasteiger partial charge >= 0.3 is 0 Å². The van der Waals surface area contributed by atoms with Gasteiger partial charge in [-0.1, -0.05) is 79.6 Å². The van der Waals surface area contributed by atoms with Crippen LogP contribution in [0.25, 0.3) is 0 Å². The molecule has 2 aliphatic rings. The van der Waals surface area contributed by atoms with Gasteiger partial charge in [0.2, 0.25) is 11.8 Å². The Bertz CT molecular complexity index is 1290. The molecular weight excluding hydrogens is 503 g/mol. The predicted octanol–water partition coefficient (Wildman–Crippen LogP) is 6.37. The van der Waals surface area contributed by atoms with Gasteiger partial charge in [-0.25, -0.2) is 4.39 Å². The normalized spacial score (nSPS) is 20.2. The summed E-state index contributed by atoms with van der Waals surface area (Å²) in [4.78, 5) is 31.6. The number of benzene rings is 3. The number of hydrogen-bond donors (Lipinski definition) is 0. The number of para-hydroxylation sites is 1. The molecular formula is C34H39FN2O3. The number of halogens is 1. The van der Waals surface area contributed by atoms with Crippen LogP contribution in [0.3, 0.4) is 0 Å². The zero-order valence-electron chi connectivity index (χ0n) is 23.4. The van der Waals surface area contributed by atoms with Gasteiger partial charge in [0.1, 0.15) is 11.6 Å². The van der Waals surface area contributed by atoms with Crippen LogP contribution in [-0.4, -0.2) is 48.4 Å². The first-order chi connectivity index (χ1) is 19.4. The molecule has 210 valence electrons. The van der Waals surface area contributed by atoms with Crippen LogP contribution >= 0.6 is 0 Å². The van der Waals surface area contributed by atoms with Crippen molar-refractivity contribution in [3.05, 3.63) is 102 Å². The highest BCUT2D eigenvalue weighted by Crippen LogP contribution is 2.45. The molecule has 1 atom stereocenters. The van der Waals surface area contributed by atoms with Crippen LogP contribution in [0.4, 0.5) is 4.39 Å². The van der Waals surface area contributed by atoms with E-state index in [1.54, 1.807) is 17.0 Å². The van der Waals surface area contributed by atoms with E-state index in [-0.39, 0.29) is 24.1 Å². The maximum atomic E-state index is 15.1. The topological polar surface area (TPSA) is 49.9 Å². The summed E-state index contributed by atoms with van der Waals surface area (Å²) in [6.45, 7) is 1.88. The summed E-state index contributed by atoms with van der Waals surface area (Å²) < 4.78 is 21.3. The molecule has 0 N–H and O–H groups in total. The minimum atomic E-state index is -0.844. The quantitative estimate of drug-likeness (QED) is 0.316. The van der Waals surface area contributed by atoms with Crippen molar-refractivity contribution in [2.45, 2.75) is 56.9 Å². The van der Waals surface area contributed by atoms with Crippen LogP contribution in [-0.2, 0) is 21.5 Å². The van der Waals surface area contributed by atoms with Crippen LogP contribution in [0.2, 0.25) is 0 Å². The lowest BCUT2D eigenvalue weighted by Crippen LogP contribution is -2.55. The smallest absolute Gasteiger partial charge is 0.233 e. The molecule has 1 saturated heterocycles. The second-order valence-corrected chi connectivity index (χ2v) is 11.6. The number of amides is 2. The van der Waals surface area contributed by atoms with Gasteiger partial charge in [0.25, 0.3) is 0 Å². The van der Waals surface area contributed by atoms with E-state index < -0.39 is 10.8 Å². The second-order valence-electron chi connectivity index (χ2n) is 11.6. The van der Waals surface area contributed by atoms with Crippen molar-refractivity contribution < 1.29 is 18.7 Å². The first kappa shape index (κ1) is 27.9. The minimum absolute atomic E-state index is 0.0102. The molecule has 2 fully saturated rings. The summed E-state index contributed by atoms with van der Waals surface area (Å²) >= 11 is 0. The molecule has 3 aromatic rings. The molecule has 1 saturated carbocycles. The summed E-state index contributed by atoms with van der Waals surface area (Å²) in [5, 5.41) is 0. The lowest BCUT2D eigenvalue weighted by molar-refractivity contribution is -0.145. The summed E-state index contributed by atoms with van der Waals surface area (Å²) in [7, 11) is 1.83. The molecule has 0 spiro atoms. The lowest BCUT2D eigenvalue weighted by Gasteiger charge is -2.45. The number of ether oxygens (including phenoxy) is 1. The summed E-state index contributed by atoms with van der Waals surface area (Å²) in [5.74, 6) is 0.448. The number of rotatable bonds is 9. The number of carbonyl (C=O) groups is 2. The highest BCUT2D eigenvalue weighted by molar-refractivity contribution is 5.89. The number of nitrogens with zero attached hydrogens (tertiary/aromatic N) is 2. The van der Waals surface area contributed by atoms with Crippen LogP contribution in [0.1, 0.15) is 56.1 Å². The maximum Gasteiger partial charge on any atom is 0.233 e.